The summed E-state index contributed by atoms with van der Waals surface area (Å²) in [7, 11) is 0. The fourth-order valence-corrected chi connectivity index (χ4v) is 2.97. The van der Waals surface area contributed by atoms with Gasteiger partial charge >= 0.3 is 0 Å². The minimum absolute atomic E-state index is 0.0265. The van der Waals surface area contributed by atoms with Crippen molar-refractivity contribution in [1.82, 2.24) is 16.2 Å². The molecular weight excluding hydrogens is 410 g/mol. The van der Waals surface area contributed by atoms with Crippen LogP contribution in [-0.2, 0) is 16.0 Å². The Labute approximate surface area is 186 Å². The Kier molecular flexibility index (Phi) is 8.13. The standard InChI is InChI=1S/C24H23N3O3S/c28-22(16-11-18-7-3-1-4-8-18)25-24(31)27-26-23(29)17-30-21-14-12-20(13-15-21)19-9-5-2-6-10-19/h1-10,12-15H,11,16-17H2,(H,26,29)(H2,25,27,28,31). The molecule has 31 heavy (non-hydrogen) atoms. The molecule has 0 saturated heterocycles. The van der Waals surface area contributed by atoms with E-state index in [4.69, 9.17) is 17.0 Å². The van der Waals surface area contributed by atoms with Gasteiger partial charge < -0.3 is 10.1 Å². The molecule has 3 rings (SSSR count). The van der Waals surface area contributed by atoms with Gasteiger partial charge in [0.1, 0.15) is 5.75 Å². The number of amides is 2. The monoisotopic (exact) mass is 433 g/mol. The van der Waals surface area contributed by atoms with Crippen LogP contribution in [0.25, 0.3) is 11.1 Å². The lowest BCUT2D eigenvalue weighted by molar-refractivity contribution is -0.124. The highest BCUT2D eigenvalue weighted by molar-refractivity contribution is 7.80. The van der Waals surface area contributed by atoms with Crippen molar-refractivity contribution in [3.8, 4) is 16.9 Å². The molecule has 158 valence electrons. The van der Waals surface area contributed by atoms with Crippen LogP contribution in [-0.4, -0.2) is 23.5 Å². The van der Waals surface area contributed by atoms with Crippen molar-refractivity contribution in [3.63, 3.8) is 0 Å². The van der Waals surface area contributed by atoms with Gasteiger partial charge in [-0.2, -0.15) is 0 Å². The summed E-state index contributed by atoms with van der Waals surface area (Å²) in [6, 6.07) is 27.1. The molecule has 0 fully saturated rings. The predicted molar refractivity (Wildman–Crippen MR) is 124 cm³/mol. The normalized spacial score (nSPS) is 10.1. The Morgan fingerprint density at radius 1 is 0.742 bits per heavy atom. The molecule has 3 aromatic carbocycles. The van der Waals surface area contributed by atoms with Crippen LogP contribution in [0.1, 0.15) is 12.0 Å². The van der Waals surface area contributed by atoms with Crippen molar-refractivity contribution in [1.29, 1.82) is 0 Å². The summed E-state index contributed by atoms with van der Waals surface area (Å²) in [6.07, 6.45) is 0.903. The number of carbonyl (C=O) groups is 2. The summed E-state index contributed by atoms with van der Waals surface area (Å²) in [5, 5.41) is 2.55. The van der Waals surface area contributed by atoms with E-state index in [9.17, 15) is 9.59 Å². The molecule has 0 aliphatic rings. The molecular formula is C24H23N3O3S. The third-order valence-electron chi connectivity index (χ3n) is 4.38. The number of thiocarbonyl (C=S) groups is 1. The summed E-state index contributed by atoms with van der Waals surface area (Å²) in [4.78, 5) is 23.9. The molecule has 0 spiro atoms. The molecule has 6 nitrogen and oxygen atoms in total. The van der Waals surface area contributed by atoms with Gasteiger partial charge in [-0.15, -0.1) is 0 Å². The summed E-state index contributed by atoms with van der Waals surface area (Å²) >= 11 is 5.02. The van der Waals surface area contributed by atoms with Crippen LogP contribution in [0.3, 0.4) is 0 Å². The van der Waals surface area contributed by atoms with Gasteiger partial charge in [0.25, 0.3) is 5.91 Å². The zero-order valence-electron chi connectivity index (χ0n) is 16.8. The molecule has 0 saturated carbocycles. The van der Waals surface area contributed by atoms with E-state index in [1.807, 2.05) is 72.8 Å². The molecule has 0 aliphatic heterocycles. The SMILES string of the molecule is O=C(COc1ccc(-c2ccccc2)cc1)NNC(=S)NC(=O)CCc1ccccc1. The lowest BCUT2D eigenvalue weighted by Crippen LogP contribution is -2.49. The number of aryl methyl sites for hydroxylation is 1. The summed E-state index contributed by atoms with van der Waals surface area (Å²) < 4.78 is 5.48. The number of hydrogen-bond donors (Lipinski definition) is 3. The Balaban J connectivity index is 1.34. The topological polar surface area (TPSA) is 79.5 Å². The molecule has 3 aromatic rings. The van der Waals surface area contributed by atoms with E-state index in [1.54, 1.807) is 12.1 Å². The van der Waals surface area contributed by atoms with Gasteiger partial charge in [0.05, 0.1) is 0 Å². The van der Waals surface area contributed by atoms with Crippen LogP contribution in [0, 0.1) is 0 Å². The molecule has 7 heteroatoms. The van der Waals surface area contributed by atoms with Gasteiger partial charge in [-0.1, -0.05) is 72.8 Å². The maximum Gasteiger partial charge on any atom is 0.276 e. The van der Waals surface area contributed by atoms with Crippen molar-refractivity contribution >= 4 is 29.1 Å². The minimum Gasteiger partial charge on any atom is -0.484 e. The second kappa shape index (κ2) is 11.5. The molecule has 0 heterocycles. The average molecular weight is 434 g/mol. The first-order valence-electron chi connectivity index (χ1n) is 9.81. The van der Waals surface area contributed by atoms with E-state index in [0.29, 0.717) is 18.6 Å². The number of carbonyl (C=O) groups excluding carboxylic acids is 2. The van der Waals surface area contributed by atoms with Crippen LogP contribution in [0.15, 0.2) is 84.9 Å². The molecule has 0 bridgehead atoms. The fraction of sp³-hybridized carbons (Fsp3) is 0.125. The van der Waals surface area contributed by atoms with E-state index in [2.05, 4.69) is 16.2 Å². The highest BCUT2D eigenvalue weighted by Crippen LogP contribution is 2.21. The van der Waals surface area contributed by atoms with Crippen molar-refractivity contribution in [2.75, 3.05) is 6.61 Å². The lowest BCUT2D eigenvalue weighted by atomic mass is 10.1. The maximum atomic E-state index is 11.9. The number of hydrazine groups is 1. The fourth-order valence-electron chi connectivity index (χ4n) is 2.81. The van der Waals surface area contributed by atoms with Crippen LogP contribution >= 0.6 is 12.2 Å². The molecule has 0 aromatic heterocycles. The molecule has 2 amide bonds. The molecule has 0 atom stereocenters. The third kappa shape index (κ3) is 7.56. The Morgan fingerprint density at radius 3 is 2.03 bits per heavy atom. The summed E-state index contributed by atoms with van der Waals surface area (Å²) in [5.74, 6) is -0.0787. The van der Waals surface area contributed by atoms with Gasteiger partial charge in [-0.05, 0) is 47.5 Å². The van der Waals surface area contributed by atoms with Crippen molar-refractivity contribution < 1.29 is 14.3 Å². The minimum atomic E-state index is -0.423. The zero-order chi connectivity index (χ0) is 21.9. The Hall–Kier alpha value is -3.71. The average Bonchev–Trinajstić information content (AvgIpc) is 2.81. The zero-order valence-corrected chi connectivity index (χ0v) is 17.7. The second-order valence-electron chi connectivity index (χ2n) is 6.72. The highest BCUT2D eigenvalue weighted by Gasteiger charge is 2.07. The summed E-state index contributed by atoms with van der Waals surface area (Å²) in [6.45, 7) is -0.192. The lowest BCUT2D eigenvalue weighted by Gasteiger charge is -2.11. The highest BCUT2D eigenvalue weighted by atomic mass is 32.1. The van der Waals surface area contributed by atoms with E-state index in [0.717, 1.165) is 16.7 Å². The number of rotatable bonds is 7. The van der Waals surface area contributed by atoms with Crippen LogP contribution in [0.4, 0.5) is 0 Å². The van der Waals surface area contributed by atoms with Crippen LogP contribution < -0.4 is 20.9 Å². The summed E-state index contributed by atoms with van der Waals surface area (Å²) in [5.41, 5.74) is 8.14. The number of benzene rings is 3. The third-order valence-corrected chi connectivity index (χ3v) is 4.59. The maximum absolute atomic E-state index is 11.9. The number of hydrogen-bond acceptors (Lipinski definition) is 4. The number of nitrogens with one attached hydrogen (secondary N) is 3. The van der Waals surface area contributed by atoms with Crippen LogP contribution in [0.5, 0.6) is 5.75 Å². The first-order chi connectivity index (χ1) is 15.1. The van der Waals surface area contributed by atoms with E-state index in [-0.39, 0.29) is 17.6 Å². The quantitative estimate of drug-likeness (QED) is 0.393. The largest absolute Gasteiger partial charge is 0.484 e. The first kappa shape index (κ1) is 22.0. The predicted octanol–water partition coefficient (Wildman–Crippen LogP) is 3.39. The van der Waals surface area contributed by atoms with Gasteiger partial charge in [0, 0.05) is 6.42 Å². The van der Waals surface area contributed by atoms with Crippen molar-refractivity contribution in [3.05, 3.63) is 90.5 Å². The van der Waals surface area contributed by atoms with E-state index >= 15 is 0 Å². The van der Waals surface area contributed by atoms with Gasteiger partial charge in [0.15, 0.2) is 11.7 Å². The Morgan fingerprint density at radius 2 is 1.35 bits per heavy atom. The van der Waals surface area contributed by atoms with Gasteiger partial charge in [0.2, 0.25) is 5.91 Å². The molecule has 3 N–H and O–H groups in total. The van der Waals surface area contributed by atoms with Gasteiger partial charge in [-0.25, -0.2) is 0 Å². The first-order valence-corrected chi connectivity index (χ1v) is 10.2. The number of ether oxygens (including phenoxy) is 1. The molecule has 0 aliphatic carbocycles. The molecule has 0 unspecified atom stereocenters. The van der Waals surface area contributed by atoms with Gasteiger partial charge in [-0.3, -0.25) is 20.4 Å². The van der Waals surface area contributed by atoms with Crippen molar-refractivity contribution in [2.24, 2.45) is 0 Å². The van der Waals surface area contributed by atoms with E-state index in [1.165, 1.54) is 0 Å². The van der Waals surface area contributed by atoms with Crippen molar-refractivity contribution in [2.45, 2.75) is 12.8 Å². The molecule has 0 radical (unpaired) electrons. The van der Waals surface area contributed by atoms with Crippen LogP contribution in [0.2, 0.25) is 0 Å². The van der Waals surface area contributed by atoms with E-state index < -0.39 is 5.91 Å². The second-order valence-corrected chi connectivity index (χ2v) is 7.12. The Bertz CT molecular complexity index is 1010. The smallest absolute Gasteiger partial charge is 0.276 e.